The van der Waals surface area contributed by atoms with Crippen LogP contribution in [0.2, 0.25) is 0 Å². The van der Waals surface area contributed by atoms with E-state index < -0.39 is 0 Å². The lowest BCUT2D eigenvalue weighted by molar-refractivity contribution is 0.809. The Balaban J connectivity index is 2.70. The summed E-state index contributed by atoms with van der Waals surface area (Å²) >= 11 is 0. The fourth-order valence-corrected chi connectivity index (χ4v) is 1.43. The molecule has 2 nitrogen and oxygen atoms in total. The molecule has 0 radical (unpaired) electrons. The number of nitrogens with one attached hydrogen (secondary N) is 1. The average molecular weight is 204 g/mol. The Morgan fingerprint density at radius 2 is 2.20 bits per heavy atom. The minimum absolute atomic E-state index is 0.855. The van der Waals surface area contributed by atoms with Crippen LogP contribution in [-0.4, -0.2) is 13.6 Å². The molecule has 0 heterocycles. The monoisotopic (exact) mass is 204 g/mol. The number of hydrogen-bond acceptors (Lipinski definition) is 2. The van der Waals surface area contributed by atoms with Gasteiger partial charge >= 0.3 is 0 Å². The van der Waals surface area contributed by atoms with Crippen LogP contribution in [0.4, 0.5) is 5.69 Å². The molecule has 0 fully saturated rings. The highest BCUT2D eigenvalue weighted by Gasteiger charge is 1.96. The third-order valence-corrected chi connectivity index (χ3v) is 2.42. The van der Waals surface area contributed by atoms with Crippen LogP contribution in [-0.2, 0) is 6.42 Å². The molecule has 1 aromatic carbocycles. The van der Waals surface area contributed by atoms with E-state index in [1.807, 2.05) is 13.1 Å². The van der Waals surface area contributed by atoms with Crippen LogP contribution in [0.15, 0.2) is 24.3 Å². The summed E-state index contributed by atoms with van der Waals surface area (Å²) in [5, 5.41) is 3.11. The van der Waals surface area contributed by atoms with Gasteiger partial charge in [0.15, 0.2) is 0 Å². The highest BCUT2D eigenvalue weighted by molar-refractivity contribution is 5.65. The van der Waals surface area contributed by atoms with Crippen LogP contribution in [0.1, 0.15) is 24.5 Å². The maximum Gasteiger partial charge on any atom is 0.0387 e. The second kappa shape index (κ2) is 6.25. The number of aryl methyl sites for hydroxylation is 1. The van der Waals surface area contributed by atoms with Gasteiger partial charge in [0, 0.05) is 5.69 Å². The SMILES string of the molecule is CCc1ccc(N)c(C=CCCNC)c1. The van der Waals surface area contributed by atoms with Gasteiger partial charge in [-0.25, -0.2) is 0 Å². The van der Waals surface area contributed by atoms with Crippen molar-refractivity contribution in [3.05, 3.63) is 35.4 Å². The van der Waals surface area contributed by atoms with E-state index in [1.54, 1.807) is 0 Å². The second-order valence-electron chi connectivity index (χ2n) is 3.61. The van der Waals surface area contributed by atoms with E-state index >= 15 is 0 Å². The molecule has 0 amide bonds. The molecule has 0 saturated carbocycles. The van der Waals surface area contributed by atoms with Gasteiger partial charge in [0.25, 0.3) is 0 Å². The van der Waals surface area contributed by atoms with Crippen molar-refractivity contribution in [3.8, 4) is 0 Å². The Bertz CT molecular complexity index is 329. The molecular weight excluding hydrogens is 184 g/mol. The van der Waals surface area contributed by atoms with E-state index in [4.69, 9.17) is 5.73 Å². The topological polar surface area (TPSA) is 38.0 Å². The maximum absolute atomic E-state index is 5.89. The molecule has 0 aromatic heterocycles. The van der Waals surface area contributed by atoms with E-state index in [1.165, 1.54) is 5.56 Å². The zero-order chi connectivity index (χ0) is 11.1. The normalized spacial score (nSPS) is 11.1. The molecule has 2 heteroatoms. The first-order chi connectivity index (χ1) is 7.27. The van der Waals surface area contributed by atoms with E-state index in [-0.39, 0.29) is 0 Å². The van der Waals surface area contributed by atoms with Crippen molar-refractivity contribution < 1.29 is 0 Å². The molecule has 0 spiro atoms. The molecule has 1 rings (SSSR count). The van der Waals surface area contributed by atoms with Gasteiger partial charge in [-0.3, -0.25) is 0 Å². The highest BCUT2D eigenvalue weighted by atomic mass is 14.8. The summed E-state index contributed by atoms with van der Waals surface area (Å²) in [5.41, 5.74) is 9.21. The number of anilines is 1. The number of hydrogen-bond donors (Lipinski definition) is 2. The zero-order valence-electron chi connectivity index (χ0n) is 9.59. The van der Waals surface area contributed by atoms with Gasteiger partial charge in [-0.15, -0.1) is 0 Å². The lowest BCUT2D eigenvalue weighted by atomic mass is 10.1. The van der Waals surface area contributed by atoms with Crippen molar-refractivity contribution in [2.75, 3.05) is 19.3 Å². The van der Waals surface area contributed by atoms with Crippen molar-refractivity contribution in [1.29, 1.82) is 0 Å². The third kappa shape index (κ3) is 3.76. The second-order valence-corrected chi connectivity index (χ2v) is 3.61. The Morgan fingerprint density at radius 3 is 2.87 bits per heavy atom. The van der Waals surface area contributed by atoms with Crippen molar-refractivity contribution in [2.24, 2.45) is 0 Å². The molecule has 1 aromatic rings. The van der Waals surface area contributed by atoms with E-state index in [0.29, 0.717) is 0 Å². The predicted octanol–water partition coefficient (Wildman–Crippen LogP) is 2.45. The van der Waals surface area contributed by atoms with Gasteiger partial charge in [0.1, 0.15) is 0 Å². The molecule has 82 valence electrons. The lowest BCUT2D eigenvalue weighted by Crippen LogP contribution is -2.05. The molecule has 3 N–H and O–H groups in total. The van der Waals surface area contributed by atoms with E-state index in [9.17, 15) is 0 Å². The summed E-state index contributed by atoms with van der Waals surface area (Å²) in [6.45, 7) is 3.16. The molecule has 15 heavy (non-hydrogen) atoms. The number of nitrogens with two attached hydrogens (primary N) is 1. The van der Waals surface area contributed by atoms with Gasteiger partial charge in [0.05, 0.1) is 0 Å². The summed E-state index contributed by atoms with van der Waals surface area (Å²) < 4.78 is 0. The predicted molar refractivity (Wildman–Crippen MR) is 67.8 cm³/mol. The van der Waals surface area contributed by atoms with Crippen LogP contribution in [0.5, 0.6) is 0 Å². The van der Waals surface area contributed by atoms with E-state index in [2.05, 4.69) is 36.5 Å². The Morgan fingerprint density at radius 1 is 1.40 bits per heavy atom. The molecule has 0 aliphatic heterocycles. The summed E-state index contributed by atoms with van der Waals surface area (Å²) in [4.78, 5) is 0. The lowest BCUT2D eigenvalue weighted by Gasteiger charge is -2.03. The first-order valence-electron chi connectivity index (χ1n) is 5.47. The van der Waals surface area contributed by atoms with Gasteiger partial charge in [-0.2, -0.15) is 0 Å². The van der Waals surface area contributed by atoms with Gasteiger partial charge < -0.3 is 11.1 Å². The molecule has 0 aliphatic carbocycles. The number of nitrogen functional groups attached to an aromatic ring is 1. The summed E-state index contributed by atoms with van der Waals surface area (Å²) in [7, 11) is 1.96. The van der Waals surface area contributed by atoms with Crippen LogP contribution in [0.25, 0.3) is 6.08 Å². The molecule has 0 bridgehead atoms. The fourth-order valence-electron chi connectivity index (χ4n) is 1.43. The highest BCUT2D eigenvalue weighted by Crippen LogP contribution is 2.16. The number of benzene rings is 1. The van der Waals surface area contributed by atoms with E-state index in [0.717, 1.165) is 30.6 Å². The van der Waals surface area contributed by atoms with Crippen LogP contribution in [0.3, 0.4) is 0 Å². The fraction of sp³-hybridized carbons (Fsp3) is 0.385. The largest absolute Gasteiger partial charge is 0.398 e. The first-order valence-corrected chi connectivity index (χ1v) is 5.47. The van der Waals surface area contributed by atoms with Crippen molar-refractivity contribution in [3.63, 3.8) is 0 Å². The van der Waals surface area contributed by atoms with Crippen molar-refractivity contribution in [1.82, 2.24) is 5.32 Å². The molecular formula is C13H20N2. The summed E-state index contributed by atoms with van der Waals surface area (Å²) in [6.07, 6.45) is 6.34. The molecule has 0 atom stereocenters. The van der Waals surface area contributed by atoms with Crippen LogP contribution in [0, 0.1) is 0 Å². The Kier molecular flexibility index (Phi) is 4.91. The van der Waals surface area contributed by atoms with Crippen LogP contribution < -0.4 is 11.1 Å². The molecule has 0 unspecified atom stereocenters. The number of rotatable bonds is 5. The molecule has 0 saturated heterocycles. The maximum atomic E-state index is 5.89. The summed E-state index contributed by atoms with van der Waals surface area (Å²) in [6, 6.07) is 6.22. The molecule has 0 aliphatic rings. The van der Waals surface area contributed by atoms with Crippen molar-refractivity contribution >= 4 is 11.8 Å². The Hall–Kier alpha value is -1.28. The zero-order valence-corrected chi connectivity index (χ0v) is 9.59. The Labute approximate surface area is 92.2 Å². The minimum atomic E-state index is 0.855. The smallest absolute Gasteiger partial charge is 0.0387 e. The third-order valence-electron chi connectivity index (χ3n) is 2.42. The van der Waals surface area contributed by atoms with Gasteiger partial charge in [-0.05, 0) is 49.7 Å². The van der Waals surface area contributed by atoms with Crippen molar-refractivity contribution in [2.45, 2.75) is 19.8 Å². The van der Waals surface area contributed by atoms with Gasteiger partial charge in [-0.1, -0.05) is 25.1 Å². The van der Waals surface area contributed by atoms with Gasteiger partial charge in [0.2, 0.25) is 0 Å². The first kappa shape index (κ1) is 11.8. The minimum Gasteiger partial charge on any atom is -0.398 e. The van der Waals surface area contributed by atoms with Crippen LogP contribution >= 0.6 is 0 Å². The quantitative estimate of drug-likeness (QED) is 0.571. The summed E-state index contributed by atoms with van der Waals surface area (Å²) in [5.74, 6) is 0. The standard InChI is InChI=1S/C13H20N2/c1-3-11-7-8-13(14)12(10-11)6-4-5-9-15-2/h4,6-8,10,15H,3,5,9,14H2,1-2H3. The average Bonchev–Trinajstić information content (AvgIpc) is 2.26.